The molecule has 1 aromatic heterocycles. The molecule has 0 bridgehead atoms. The molecule has 1 amide bonds. The lowest BCUT2D eigenvalue weighted by molar-refractivity contribution is -0.121. The summed E-state index contributed by atoms with van der Waals surface area (Å²) >= 11 is 5.70. The molecule has 6 nitrogen and oxygen atoms in total. The fourth-order valence-electron chi connectivity index (χ4n) is 2.58. The third kappa shape index (κ3) is 3.86. The Morgan fingerprint density at radius 3 is 3.13 bits per heavy atom. The van der Waals surface area contributed by atoms with Crippen LogP contribution >= 0.6 is 11.6 Å². The number of hydrogen-bond donors (Lipinski definition) is 2. The van der Waals surface area contributed by atoms with Crippen LogP contribution in [0.1, 0.15) is 30.3 Å². The molecule has 3 rings (SSSR count). The van der Waals surface area contributed by atoms with Gasteiger partial charge in [-0.25, -0.2) is 9.37 Å². The first kappa shape index (κ1) is 15.9. The van der Waals surface area contributed by atoms with E-state index < -0.39 is 5.82 Å². The highest BCUT2D eigenvalue weighted by Crippen LogP contribution is 2.30. The summed E-state index contributed by atoms with van der Waals surface area (Å²) in [5.41, 5.74) is 0.280. The Labute approximate surface area is 137 Å². The van der Waals surface area contributed by atoms with Crippen molar-refractivity contribution in [1.29, 1.82) is 0 Å². The zero-order chi connectivity index (χ0) is 16.2. The maximum atomic E-state index is 13.8. The molecule has 2 aromatic rings. The van der Waals surface area contributed by atoms with Crippen LogP contribution in [-0.4, -0.2) is 33.7 Å². The number of halogens is 2. The Kier molecular flexibility index (Phi) is 4.88. The van der Waals surface area contributed by atoms with Gasteiger partial charge >= 0.3 is 0 Å². The standard InChI is InChI=1S/C15H16ClFN4O2/c16-11-3-1-2-9(14(11)17)6-13(22)18-7-10-4-5-12(23-10)15-19-8-20-21-15/h1-3,8,10,12H,4-7H2,(H,18,22)(H,19,20,21)/t10-,12+/m1/s1. The van der Waals surface area contributed by atoms with Gasteiger partial charge in [0.25, 0.3) is 0 Å². The molecule has 1 aliphatic heterocycles. The molecule has 0 radical (unpaired) electrons. The molecule has 2 N–H and O–H groups in total. The molecule has 0 spiro atoms. The first-order valence-corrected chi connectivity index (χ1v) is 7.71. The van der Waals surface area contributed by atoms with Gasteiger partial charge in [0.05, 0.1) is 17.5 Å². The van der Waals surface area contributed by atoms with Crippen LogP contribution in [0.5, 0.6) is 0 Å². The molecule has 2 heterocycles. The van der Waals surface area contributed by atoms with E-state index in [2.05, 4.69) is 20.5 Å². The number of amides is 1. The summed E-state index contributed by atoms with van der Waals surface area (Å²) in [5, 5.41) is 9.36. The van der Waals surface area contributed by atoms with Crippen molar-refractivity contribution in [3.05, 3.63) is 46.8 Å². The van der Waals surface area contributed by atoms with Gasteiger partial charge in [0.2, 0.25) is 5.91 Å². The lowest BCUT2D eigenvalue weighted by atomic mass is 10.1. The lowest BCUT2D eigenvalue weighted by Gasteiger charge is -2.13. The molecule has 8 heteroatoms. The number of benzene rings is 1. The van der Waals surface area contributed by atoms with E-state index in [1.54, 1.807) is 12.1 Å². The van der Waals surface area contributed by atoms with E-state index in [1.165, 1.54) is 12.4 Å². The van der Waals surface area contributed by atoms with Gasteiger partial charge in [-0.2, -0.15) is 5.10 Å². The zero-order valence-corrected chi connectivity index (χ0v) is 13.0. The molecule has 0 unspecified atom stereocenters. The summed E-state index contributed by atoms with van der Waals surface area (Å²) in [6.45, 7) is 0.381. The zero-order valence-electron chi connectivity index (χ0n) is 12.3. The molecule has 2 atom stereocenters. The Bertz CT molecular complexity index is 680. The number of carbonyl (C=O) groups excluding carboxylic acids is 1. The average molecular weight is 339 g/mol. The van der Waals surface area contributed by atoms with Crippen molar-refractivity contribution in [3.8, 4) is 0 Å². The SMILES string of the molecule is O=C(Cc1cccc(Cl)c1F)NC[C@H]1CC[C@@H](c2ncn[nH]2)O1. The largest absolute Gasteiger partial charge is 0.365 e. The summed E-state index contributed by atoms with van der Waals surface area (Å²) in [5.74, 6) is -0.121. The van der Waals surface area contributed by atoms with Crippen molar-refractivity contribution >= 4 is 17.5 Å². The van der Waals surface area contributed by atoms with Gasteiger partial charge in [0, 0.05) is 6.54 Å². The van der Waals surface area contributed by atoms with Gasteiger partial charge in [0.15, 0.2) is 5.82 Å². The molecule has 1 aromatic carbocycles. The molecule has 122 valence electrons. The van der Waals surface area contributed by atoms with E-state index in [9.17, 15) is 9.18 Å². The Balaban J connectivity index is 1.47. The second kappa shape index (κ2) is 7.06. The molecule has 0 aliphatic carbocycles. The summed E-state index contributed by atoms with van der Waals surface area (Å²) in [6.07, 6.45) is 2.82. The van der Waals surface area contributed by atoms with Crippen LogP contribution in [0.2, 0.25) is 5.02 Å². The third-order valence-electron chi connectivity index (χ3n) is 3.76. The number of nitrogens with one attached hydrogen (secondary N) is 2. The number of H-pyrrole nitrogens is 1. The number of nitrogens with zero attached hydrogens (tertiary/aromatic N) is 2. The highest BCUT2D eigenvalue weighted by molar-refractivity contribution is 6.30. The second-order valence-corrected chi connectivity index (χ2v) is 5.80. The van der Waals surface area contributed by atoms with Crippen molar-refractivity contribution in [2.75, 3.05) is 6.54 Å². The van der Waals surface area contributed by atoms with Gasteiger partial charge in [0.1, 0.15) is 18.2 Å². The van der Waals surface area contributed by atoms with E-state index >= 15 is 0 Å². The number of aromatic nitrogens is 3. The molecular formula is C15H16ClFN4O2. The highest BCUT2D eigenvalue weighted by Gasteiger charge is 2.28. The molecule has 1 saturated heterocycles. The van der Waals surface area contributed by atoms with Crippen LogP contribution in [0, 0.1) is 5.82 Å². The van der Waals surface area contributed by atoms with Gasteiger partial charge < -0.3 is 10.1 Å². The van der Waals surface area contributed by atoms with Crippen LogP contribution in [0.3, 0.4) is 0 Å². The minimum Gasteiger partial charge on any atom is -0.365 e. The van der Waals surface area contributed by atoms with E-state index in [-0.39, 0.29) is 35.1 Å². The number of rotatable bonds is 5. The first-order valence-electron chi connectivity index (χ1n) is 7.34. The second-order valence-electron chi connectivity index (χ2n) is 5.39. The third-order valence-corrected chi connectivity index (χ3v) is 4.05. The van der Waals surface area contributed by atoms with Crippen molar-refractivity contribution in [2.24, 2.45) is 0 Å². The maximum absolute atomic E-state index is 13.8. The first-order chi connectivity index (χ1) is 11.1. The Morgan fingerprint density at radius 1 is 1.48 bits per heavy atom. The lowest BCUT2D eigenvalue weighted by Crippen LogP contribution is -2.33. The predicted octanol–water partition coefficient (Wildman–Crippen LogP) is 2.18. The number of aromatic amines is 1. The van der Waals surface area contributed by atoms with Crippen LogP contribution in [-0.2, 0) is 16.0 Å². The van der Waals surface area contributed by atoms with Crippen molar-refractivity contribution in [3.63, 3.8) is 0 Å². The van der Waals surface area contributed by atoms with Crippen molar-refractivity contribution < 1.29 is 13.9 Å². The van der Waals surface area contributed by atoms with Crippen molar-refractivity contribution in [1.82, 2.24) is 20.5 Å². The summed E-state index contributed by atoms with van der Waals surface area (Å²) in [7, 11) is 0. The van der Waals surface area contributed by atoms with Crippen LogP contribution in [0.4, 0.5) is 4.39 Å². The summed E-state index contributed by atoms with van der Waals surface area (Å²) in [6, 6.07) is 4.62. The number of ether oxygens (including phenoxy) is 1. The molecule has 0 saturated carbocycles. The van der Waals surface area contributed by atoms with Crippen LogP contribution in [0.25, 0.3) is 0 Å². The summed E-state index contributed by atoms with van der Waals surface area (Å²) in [4.78, 5) is 16.0. The van der Waals surface area contributed by atoms with Crippen molar-refractivity contribution in [2.45, 2.75) is 31.5 Å². The minimum atomic E-state index is -0.549. The fraction of sp³-hybridized carbons (Fsp3) is 0.400. The smallest absolute Gasteiger partial charge is 0.224 e. The van der Waals surface area contributed by atoms with Gasteiger partial charge in [-0.15, -0.1) is 0 Å². The normalized spacial score (nSPS) is 20.6. The average Bonchev–Trinajstić information content (AvgIpc) is 3.20. The Morgan fingerprint density at radius 2 is 2.35 bits per heavy atom. The van der Waals surface area contributed by atoms with E-state index in [1.807, 2.05) is 0 Å². The quantitative estimate of drug-likeness (QED) is 0.875. The van der Waals surface area contributed by atoms with E-state index in [0.29, 0.717) is 12.4 Å². The van der Waals surface area contributed by atoms with E-state index in [4.69, 9.17) is 16.3 Å². The van der Waals surface area contributed by atoms with E-state index in [0.717, 1.165) is 12.8 Å². The molecule has 23 heavy (non-hydrogen) atoms. The van der Waals surface area contributed by atoms with Crippen LogP contribution in [0.15, 0.2) is 24.5 Å². The monoisotopic (exact) mass is 338 g/mol. The van der Waals surface area contributed by atoms with Crippen LogP contribution < -0.4 is 5.32 Å². The molecule has 1 aliphatic rings. The maximum Gasteiger partial charge on any atom is 0.224 e. The summed E-state index contributed by atoms with van der Waals surface area (Å²) < 4.78 is 19.6. The highest BCUT2D eigenvalue weighted by atomic mass is 35.5. The fourth-order valence-corrected chi connectivity index (χ4v) is 2.77. The number of hydrogen-bond acceptors (Lipinski definition) is 4. The topological polar surface area (TPSA) is 79.9 Å². The predicted molar refractivity (Wildman–Crippen MR) is 81.4 cm³/mol. The van der Waals surface area contributed by atoms with Gasteiger partial charge in [-0.1, -0.05) is 23.7 Å². The van der Waals surface area contributed by atoms with Gasteiger partial charge in [-0.05, 0) is 24.5 Å². The minimum absolute atomic E-state index is 0.0179. The number of carbonyl (C=O) groups is 1. The molecular weight excluding hydrogens is 323 g/mol. The Hall–Kier alpha value is -1.99. The van der Waals surface area contributed by atoms with Gasteiger partial charge in [-0.3, -0.25) is 9.89 Å². The molecule has 1 fully saturated rings.